The molecule has 0 aromatic heterocycles. The molecule has 196 valence electrons. The van der Waals surface area contributed by atoms with Gasteiger partial charge in [-0.1, -0.05) is 55.0 Å². The molecule has 1 amide bonds. The van der Waals surface area contributed by atoms with Gasteiger partial charge in [0.1, 0.15) is 6.61 Å². The number of thioether (sulfide) groups is 1. The van der Waals surface area contributed by atoms with E-state index in [1.807, 2.05) is 75.4 Å². The van der Waals surface area contributed by atoms with Crippen LogP contribution in [0, 0.1) is 17.0 Å². The van der Waals surface area contributed by atoms with Crippen molar-refractivity contribution in [1.82, 2.24) is 4.90 Å². The maximum Gasteiger partial charge on any atom is 0.280 e. The molecule has 1 saturated heterocycles. The SMILES string of the molecule is CC[C@H](C)N1C(=O)/C(=C\c2cc(OC)c(OCc3ccccc3)cc2[N+](=O)[O-])SC1=Nc1ccc(C)cc1. The molecular formula is C29H29N3O5S. The molecule has 0 radical (unpaired) electrons. The van der Waals surface area contributed by atoms with Gasteiger partial charge < -0.3 is 9.47 Å². The van der Waals surface area contributed by atoms with Gasteiger partial charge >= 0.3 is 0 Å². The molecule has 4 rings (SSSR count). The van der Waals surface area contributed by atoms with E-state index in [-0.39, 0.29) is 35.6 Å². The van der Waals surface area contributed by atoms with Gasteiger partial charge in [-0.2, -0.15) is 0 Å². The van der Waals surface area contributed by atoms with Gasteiger partial charge in [0.05, 0.1) is 34.3 Å². The lowest BCUT2D eigenvalue weighted by molar-refractivity contribution is -0.385. The average Bonchev–Trinajstić information content (AvgIpc) is 3.22. The Balaban J connectivity index is 1.71. The molecule has 0 aliphatic carbocycles. The summed E-state index contributed by atoms with van der Waals surface area (Å²) < 4.78 is 11.3. The molecule has 1 aliphatic heterocycles. The fourth-order valence-electron chi connectivity index (χ4n) is 3.85. The van der Waals surface area contributed by atoms with E-state index >= 15 is 0 Å². The number of aliphatic imine (C=N–C) groups is 1. The van der Waals surface area contributed by atoms with Gasteiger partial charge in [0, 0.05) is 6.04 Å². The predicted molar refractivity (Wildman–Crippen MR) is 151 cm³/mol. The third-order valence-electron chi connectivity index (χ3n) is 6.16. The van der Waals surface area contributed by atoms with Crippen LogP contribution in [0.5, 0.6) is 11.5 Å². The average molecular weight is 532 g/mol. The zero-order valence-corrected chi connectivity index (χ0v) is 22.5. The largest absolute Gasteiger partial charge is 0.493 e. The van der Waals surface area contributed by atoms with Gasteiger partial charge in [0.15, 0.2) is 16.7 Å². The number of hydrogen-bond acceptors (Lipinski definition) is 7. The van der Waals surface area contributed by atoms with E-state index < -0.39 is 4.92 Å². The maximum absolute atomic E-state index is 13.5. The Kier molecular flexibility index (Phi) is 8.48. The molecular weight excluding hydrogens is 502 g/mol. The highest BCUT2D eigenvalue weighted by Gasteiger charge is 2.36. The molecule has 3 aromatic rings. The quantitative estimate of drug-likeness (QED) is 0.169. The molecule has 1 fully saturated rings. The number of nitro groups is 1. The monoisotopic (exact) mass is 531 g/mol. The van der Waals surface area contributed by atoms with Crippen molar-refractivity contribution in [3.05, 3.63) is 98.4 Å². The van der Waals surface area contributed by atoms with E-state index in [1.165, 1.54) is 37.1 Å². The molecule has 38 heavy (non-hydrogen) atoms. The smallest absolute Gasteiger partial charge is 0.280 e. The number of rotatable bonds is 9. The number of amidine groups is 1. The van der Waals surface area contributed by atoms with Crippen LogP contribution in [-0.2, 0) is 11.4 Å². The number of ether oxygens (including phenoxy) is 2. The van der Waals surface area contributed by atoms with Crippen molar-refractivity contribution in [3.8, 4) is 11.5 Å². The number of benzene rings is 3. The Morgan fingerprint density at radius 1 is 1.11 bits per heavy atom. The fraction of sp³-hybridized carbons (Fsp3) is 0.241. The van der Waals surface area contributed by atoms with Gasteiger partial charge in [-0.3, -0.25) is 19.8 Å². The van der Waals surface area contributed by atoms with Gasteiger partial charge in [-0.25, -0.2) is 4.99 Å². The second-order valence-corrected chi connectivity index (χ2v) is 9.88. The summed E-state index contributed by atoms with van der Waals surface area (Å²) in [6.07, 6.45) is 2.26. The number of carbonyl (C=O) groups is 1. The lowest BCUT2D eigenvalue weighted by Crippen LogP contribution is -2.36. The van der Waals surface area contributed by atoms with Crippen LogP contribution in [0.25, 0.3) is 6.08 Å². The zero-order valence-electron chi connectivity index (χ0n) is 21.7. The highest BCUT2D eigenvalue weighted by molar-refractivity contribution is 8.18. The van der Waals surface area contributed by atoms with Gasteiger partial charge in [0.25, 0.3) is 11.6 Å². The van der Waals surface area contributed by atoms with Crippen LogP contribution in [0.2, 0.25) is 0 Å². The molecule has 1 atom stereocenters. The first-order valence-corrected chi connectivity index (χ1v) is 13.0. The third-order valence-corrected chi connectivity index (χ3v) is 7.14. The predicted octanol–water partition coefficient (Wildman–Crippen LogP) is 6.89. The number of methoxy groups -OCH3 is 1. The van der Waals surface area contributed by atoms with E-state index in [4.69, 9.17) is 14.5 Å². The molecule has 1 aliphatic rings. The number of nitrogens with zero attached hydrogens (tertiary/aromatic N) is 3. The Hall–Kier alpha value is -4.11. The van der Waals surface area contributed by atoms with Gasteiger partial charge in [0.2, 0.25) is 0 Å². The summed E-state index contributed by atoms with van der Waals surface area (Å²) in [5.74, 6) is 0.340. The lowest BCUT2D eigenvalue weighted by Gasteiger charge is -2.22. The molecule has 9 heteroatoms. The minimum Gasteiger partial charge on any atom is -0.493 e. The summed E-state index contributed by atoms with van der Waals surface area (Å²) >= 11 is 1.20. The van der Waals surface area contributed by atoms with Gasteiger partial charge in [-0.05, 0) is 61.9 Å². The highest BCUT2D eigenvalue weighted by Crippen LogP contribution is 2.40. The first-order valence-electron chi connectivity index (χ1n) is 12.2. The van der Waals surface area contributed by atoms with Crippen LogP contribution in [0.1, 0.15) is 37.0 Å². The normalized spacial score (nSPS) is 16.2. The second-order valence-electron chi connectivity index (χ2n) is 8.87. The lowest BCUT2D eigenvalue weighted by atomic mass is 10.1. The summed E-state index contributed by atoms with van der Waals surface area (Å²) in [6, 6.07) is 20.0. The number of nitro benzene ring substituents is 1. The van der Waals surface area contributed by atoms with E-state index in [0.717, 1.165) is 23.2 Å². The van der Waals surface area contributed by atoms with Crippen molar-refractivity contribution in [2.75, 3.05) is 7.11 Å². The first-order chi connectivity index (χ1) is 18.3. The standard InChI is InChI=1S/C29H29N3O5S/c1-5-20(3)31-28(33)27(38-29(31)30-23-13-11-19(2)12-14-23)16-22-15-25(36-4)26(17-24(22)32(34)35)37-18-21-9-7-6-8-10-21/h6-17,20H,5,18H2,1-4H3/b27-16+,30-29?/t20-/m0/s1. The third kappa shape index (κ3) is 6.06. The Morgan fingerprint density at radius 3 is 2.45 bits per heavy atom. The van der Waals surface area contributed by atoms with Crippen LogP contribution in [0.4, 0.5) is 11.4 Å². The number of amides is 1. The van der Waals surface area contributed by atoms with E-state index in [2.05, 4.69) is 0 Å². The molecule has 0 saturated carbocycles. The highest BCUT2D eigenvalue weighted by atomic mass is 32.2. The van der Waals surface area contributed by atoms with Crippen molar-refractivity contribution in [1.29, 1.82) is 0 Å². The summed E-state index contributed by atoms with van der Waals surface area (Å²) in [5, 5.41) is 12.5. The van der Waals surface area contributed by atoms with Crippen LogP contribution < -0.4 is 9.47 Å². The Bertz CT molecular complexity index is 1390. The Labute approximate surface area is 226 Å². The van der Waals surface area contributed by atoms with Crippen molar-refractivity contribution >= 4 is 40.3 Å². The summed E-state index contributed by atoms with van der Waals surface area (Å²) in [6.45, 7) is 6.18. The van der Waals surface area contributed by atoms with E-state index in [0.29, 0.717) is 15.8 Å². The van der Waals surface area contributed by atoms with Crippen molar-refractivity contribution in [2.24, 2.45) is 4.99 Å². The molecule has 3 aromatic carbocycles. The number of carbonyl (C=O) groups excluding carboxylic acids is 1. The zero-order chi connectivity index (χ0) is 27.2. The summed E-state index contributed by atoms with van der Waals surface area (Å²) in [5.41, 5.74) is 2.82. The summed E-state index contributed by atoms with van der Waals surface area (Å²) in [4.78, 5) is 31.7. The molecule has 8 nitrogen and oxygen atoms in total. The summed E-state index contributed by atoms with van der Waals surface area (Å²) in [7, 11) is 1.47. The Morgan fingerprint density at radius 2 is 1.82 bits per heavy atom. The molecule has 0 N–H and O–H groups in total. The number of hydrogen-bond donors (Lipinski definition) is 0. The van der Waals surface area contributed by atoms with E-state index in [1.54, 1.807) is 4.90 Å². The van der Waals surface area contributed by atoms with E-state index in [9.17, 15) is 14.9 Å². The minimum atomic E-state index is -0.487. The topological polar surface area (TPSA) is 94.3 Å². The molecule has 0 unspecified atom stereocenters. The van der Waals surface area contributed by atoms with Crippen LogP contribution in [0.15, 0.2) is 76.6 Å². The van der Waals surface area contributed by atoms with Crippen LogP contribution in [-0.4, -0.2) is 34.0 Å². The fourth-order valence-corrected chi connectivity index (χ4v) is 4.93. The van der Waals surface area contributed by atoms with Gasteiger partial charge in [-0.15, -0.1) is 0 Å². The molecule has 1 heterocycles. The minimum absolute atomic E-state index is 0.0941. The van der Waals surface area contributed by atoms with Crippen LogP contribution in [0.3, 0.4) is 0 Å². The van der Waals surface area contributed by atoms with Crippen LogP contribution >= 0.6 is 11.8 Å². The number of aryl methyl sites for hydroxylation is 1. The second kappa shape index (κ2) is 12.0. The first kappa shape index (κ1) is 26.9. The van der Waals surface area contributed by atoms with Crippen molar-refractivity contribution in [2.45, 2.75) is 39.8 Å². The molecule has 0 bridgehead atoms. The van der Waals surface area contributed by atoms with Crippen molar-refractivity contribution < 1.29 is 19.2 Å². The maximum atomic E-state index is 13.5. The van der Waals surface area contributed by atoms with Crippen molar-refractivity contribution in [3.63, 3.8) is 0 Å². The molecule has 0 spiro atoms.